The molecule has 0 amide bonds. The highest BCUT2D eigenvalue weighted by atomic mass is 16.7. The Morgan fingerprint density at radius 3 is 2.50 bits per heavy atom. The zero-order valence-corrected chi connectivity index (χ0v) is 3.96. The first-order chi connectivity index (χ1) is 3.66. The molecular weight excluding hydrogens is 114 g/mol. The van der Waals surface area contributed by atoms with Gasteiger partial charge in [0.05, 0.1) is 5.43 Å². The third-order valence-corrected chi connectivity index (χ3v) is 0.372. The van der Waals surface area contributed by atoms with Crippen LogP contribution in [0.5, 0.6) is 0 Å². The summed E-state index contributed by atoms with van der Waals surface area (Å²) >= 11 is 0. The summed E-state index contributed by atoms with van der Waals surface area (Å²) in [5.74, 6) is 4.44. The van der Waals surface area contributed by atoms with E-state index in [4.69, 9.17) is 10.9 Å². The zero-order chi connectivity index (χ0) is 6.57. The largest absolute Gasteiger partial charge is 0.428 e. The fraction of sp³-hybridized carbons (Fsp3) is 0. The van der Waals surface area contributed by atoms with Crippen molar-refractivity contribution in [3.05, 3.63) is 4.91 Å². The summed E-state index contributed by atoms with van der Waals surface area (Å²) in [4.78, 5) is 9.58. The first kappa shape index (κ1) is 6.47. The molecule has 0 aliphatic heterocycles. The van der Waals surface area contributed by atoms with E-state index in [1.54, 1.807) is 5.43 Å². The minimum atomic E-state index is -0.574. The predicted octanol–water partition coefficient (Wildman–Crippen LogP) is -4.07. The standard InChI is InChI=1S/CH6N5O2/c2-1(4-3)5-6(7)8/h3H2,(H,7,8)(H3,2,4,5)/q+1/p+1. The van der Waals surface area contributed by atoms with E-state index in [0.717, 1.165) is 0 Å². The second-order valence-corrected chi connectivity index (χ2v) is 0.943. The lowest BCUT2D eigenvalue weighted by atomic mass is 11.1. The highest BCUT2D eigenvalue weighted by Crippen LogP contribution is 1.42. The van der Waals surface area contributed by atoms with Gasteiger partial charge in [0.25, 0.3) is 0 Å². The summed E-state index contributed by atoms with van der Waals surface area (Å²) in [7, 11) is 0. The average Bonchev–Trinajstić information content (AvgIpc) is 1.65. The van der Waals surface area contributed by atoms with Crippen LogP contribution in [0.1, 0.15) is 0 Å². The van der Waals surface area contributed by atoms with E-state index >= 15 is 0 Å². The number of guanidine groups is 1. The van der Waals surface area contributed by atoms with E-state index in [2.05, 4.69) is 5.84 Å². The molecule has 0 aromatic heterocycles. The SMILES string of the molecule is N[NH+]=C(N)N[N+](=O)O. The number of nitrogens with two attached hydrogens (primary N) is 2. The number of nitrogens with one attached hydrogen (secondary N) is 2. The molecule has 0 bridgehead atoms. The summed E-state index contributed by atoms with van der Waals surface area (Å²) in [5.41, 5.74) is 6.53. The van der Waals surface area contributed by atoms with Gasteiger partial charge in [0.1, 0.15) is 4.91 Å². The van der Waals surface area contributed by atoms with Crippen molar-refractivity contribution in [1.82, 2.24) is 5.43 Å². The number of hydrogen-bond acceptors (Lipinski definition) is 2. The molecule has 0 spiro atoms. The van der Waals surface area contributed by atoms with Gasteiger partial charge in [-0.05, 0) is 0 Å². The predicted molar refractivity (Wildman–Crippen MR) is 22.9 cm³/mol. The van der Waals surface area contributed by atoms with Gasteiger partial charge in [-0.15, -0.1) is 0 Å². The molecule has 46 valence electrons. The van der Waals surface area contributed by atoms with Crippen molar-refractivity contribution in [2.24, 2.45) is 11.6 Å². The van der Waals surface area contributed by atoms with E-state index in [0.29, 0.717) is 0 Å². The quantitative estimate of drug-likeness (QED) is 0.105. The fourth-order valence-corrected chi connectivity index (χ4v) is 0.135. The second kappa shape index (κ2) is 2.61. The maximum atomic E-state index is 9.58. The highest BCUT2D eigenvalue weighted by Gasteiger charge is 2.10. The molecule has 0 saturated heterocycles. The molecule has 0 saturated carbocycles. The number of hydrazone groups is 1. The number of hydrogen-bond donors (Lipinski definition) is 5. The van der Waals surface area contributed by atoms with Gasteiger partial charge < -0.3 is 0 Å². The van der Waals surface area contributed by atoms with Crippen LogP contribution in [0.2, 0.25) is 0 Å². The van der Waals surface area contributed by atoms with Crippen LogP contribution < -0.4 is 22.1 Å². The summed E-state index contributed by atoms with van der Waals surface area (Å²) in [6.07, 6.45) is 0. The molecular formula is CH7N5O2+2. The lowest BCUT2D eigenvalue weighted by Gasteiger charge is -1.76. The van der Waals surface area contributed by atoms with Gasteiger partial charge in [-0.2, -0.15) is 5.10 Å². The van der Waals surface area contributed by atoms with E-state index in [9.17, 15) is 4.91 Å². The van der Waals surface area contributed by atoms with Gasteiger partial charge >= 0.3 is 11.0 Å². The molecule has 0 heterocycles. The first-order valence-electron chi connectivity index (χ1n) is 1.68. The van der Waals surface area contributed by atoms with Crippen molar-refractivity contribution < 1.29 is 15.3 Å². The molecule has 0 unspecified atom stereocenters. The van der Waals surface area contributed by atoms with E-state index < -0.39 is 5.03 Å². The zero-order valence-electron chi connectivity index (χ0n) is 3.96. The number of hydrazine groups is 2. The maximum absolute atomic E-state index is 9.58. The first-order valence-corrected chi connectivity index (χ1v) is 1.68. The summed E-state index contributed by atoms with van der Waals surface area (Å²) in [6.45, 7) is 0. The van der Waals surface area contributed by atoms with Crippen LogP contribution in [-0.2, 0) is 0 Å². The molecule has 0 fully saturated rings. The number of nitrogens with zero attached hydrogens (tertiary/aromatic N) is 1. The average molecular weight is 121 g/mol. The molecule has 7 nitrogen and oxygen atoms in total. The van der Waals surface area contributed by atoms with Crippen molar-refractivity contribution in [2.75, 3.05) is 0 Å². The Bertz CT molecular complexity index is 118. The van der Waals surface area contributed by atoms with Gasteiger partial charge in [-0.1, -0.05) is 0 Å². The van der Waals surface area contributed by atoms with Gasteiger partial charge in [0, 0.05) is 0 Å². The molecule has 0 aliphatic rings. The van der Waals surface area contributed by atoms with Crippen LogP contribution >= 0.6 is 0 Å². The lowest BCUT2D eigenvalue weighted by molar-refractivity contribution is -0.825. The van der Waals surface area contributed by atoms with Crippen LogP contribution in [0.4, 0.5) is 0 Å². The van der Waals surface area contributed by atoms with E-state index in [1.165, 1.54) is 0 Å². The molecule has 0 atom stereocenters. The molecule has 7 N–H and O–H groups in total. The minimum absolute atomic E-state index is 0.234. The maximum Gasteiger partial charge on any atom is 0.428 e. The van der Waals surface area contributed by atoms with Crippen molar-refractivity contribution in [3.63, 3.8) is 0 Å². The second-order valence-electron chi connectivity index (χ2n) is 0.943. The third-order valence-electron chi connectivity index (χ3n) is 0.372. The molecule has 0 radical (unpaired) electrons. The molecule has 0 aliphatic carbocycles. The van der Waals surface area contributed by atoms with E-state index in [1.807, 2.05) is 5.10 Å². The summed E-state index contributed by atoms with van der Waals surface area (Å²) in [5, 5.41) is 9.13. The van der Waals surface area contributed by atoms with Crippen LogP contribution in [-0.4, -0.2) is 16.2 Å². The van der Waals surface area contributed by atoms with Crippen molar-refractivity contribution in [3.8, 4) is 0 Å². The minimum Gasteiger partial charge on any atom is -0.296 e. The van der Waals surface area contributed by atoms with Crippen molar-refractivity contribution >= 4 is 5.96 Å². The number of rotatable bonds is 1. The monoisotopic (exact) mass is 121 g/mol. The Kier molecular flexibility index (Phi) is 2.11. The molecule has 0 rings (SSSR count). The van der Waals surface area contributed by atoms with Crippen LogP contribution in [0.25, 0.3) is 0 Å². The van der Waals surface area contributed by atoms with Gasteiger partial charge in [-0.3, -0.25) is 11.6 Å². The molecule has 0 aromatic rings. The van der Waals surface area contributed by atoms with E-state index in [-0.39, 0.29) is 5.96 Å². The van der Waals surface area contributed by atoms with Gasteiger partial charge in [-0.25, -0.2) is 5.21 Å². The van der Waals surface area contributed by atoms with Crippen molar-refractivity contribution in [1.29, 1.82) is 0 Å². The van der Waals surface area contributed by atoms with Crippen LogP contribution in [0.15, 0.2) is 0 Å². The van der Waals surface area contributed by atoms with Crippen LogP contribution in [0, 0.1) is 4.91 Å². The smallest absolute Gasteiger partial charge is 0.296 e. The molecule has 7 heteroatoms. The van der Waals surface area contributed by atoms with Gasteiger partial charge in [0.2, 0.25) is 0 Å². The normalized spacial score (nSPS) is 10.8. The Labute approximate surface area is 44.5 Å². The van der Waals surface area contributed by atoms with Gasteiger partial charge in [0.15, 0.2) is 0 Å². The fourth-order valence-electron chi connectivity index (χ4n) is 0.135. The Morgan fingerprint density at radius 2 is 2.38 bits per heavy atom. The third kappa shape index (κ3) is 2.69. The topological polar surface area (TPSA) is 118 Å². The highest BCUT2D eigenvalue weighted by molar-refractivity contribution is 5.69. The molecule has 0 aromatic carbocycles. The van der Waals surface area contributed by atoms with Crippen LogP contribution in [0.3, 0.4) is 0 Å². The Morgan fingerprint density at radius 1 is 1.88 bits per heavy atom. The Balaban J connectivity index is 3.56. The summed E-state index contributed by atoms with van der Waals surface area (Å²) in [6, 6.07) is 0. The lowest BCUT2D eigenvalue weighted by Crippen LogP contribution is -2.85. The Hall–Kier alpha value is -1.53. The summed E-state index contributed by atoms with van der Waals surface area (Å²) < 4.78 is 0. The molecule has 8 heavy (non-hydrogen) atoms. The van der Waals surface area contributed by atoms with Crippen molar-refractivity contribution in [2.45, 2.75) is 0 Å².